The summed E-state index contributed by atoms with van der Waals surface area (Å²) in [5.74, 6) is -0.262. The minimum atomic E-state index is -0.445. The Bertz CT molecular complexity index is 250. The molecule has 14 heavy (non-hydrogen) atoms. The highest BCUT2D eigenvalue weighted by Gasteiger charge is 2.48. The zero-order valence-corrected chi connectivity index (χ0v) is 9.29. The summed E-state index contributed by atoms with van der Waals surface area (Å²) in [5.41, 5.74) is -0.445. The molecule has 1 fully saturated rings. The molecule has 0 radical (unpaired) electrons. The Morgan fingerprint density at radius 3 is 2.29 bits per heavy atom. The van der Waals surface area contributed by atoms with Gasteiger partial charge in [-0.05, 0) is 27.2 Å². The fourth-order valence-electron chi connectivity index (χ4n) is 1.45. The second-order valence-corrected chi connectivity index (χ2v) is 4.80. The number of esters is 1. The molecule has 1 aliphatic rings. The van der Waals surface area contributed by atoms with Crippen LogP contribution in [0.2, 0.25) is 0 Å². The van der Waals surface area contributed by atoms with Gasteiger partial charge in [0.15, 0.2) is 0 Å². The molecule has 0 aromatic carbocycles. The topological polar surface area (TPSA) is 43.4 Å². The molecule has 80 valence electrons. The molecule has 0 unspecified atom stereocenters. The Morgan fingerprint density at radius 1 is 1.29 bits per heavy atom. The fourth-order valence-corrected chi connectivity index (χ4v) is 1.45. The lowest BCUT2D eigenvalue weighted by Crippen LogP contribution is -2.25. The lowest BCUT2D eigenvalue weighted by molar-refractivity contribution is -0.157. The summed E-state index contributed by atoms with van der Waals surface area (Å²) in [7, 11) is 0. The van der Waals surface area contributed by atoms with E-state index in [0.29, 0.717) is 12.8 Å². The number of hydrogen-bond donors (Lipinski definition) is 0. The molecule has 1 saturated carbocycles. The summed E-state index contributed by atoms with van der Waals surface area (Å²) in [6, 6.07) is 0. The Kier molecular flexibility index (Phi) is 2.98. The van der Waals surface area contributed by atoms with Gasteiger partial charge in [-0.3, -0.25) is 9.59 Å². The molecule has 0 aliphatic heterocycles. The third-order valence-electron chi connectivity index (χ3n) is 2.26. The molecule has 0 aromatic heterocycles. The van der Waals surface area contributed by atoms with E-state index in [1.54, 1.807) is 0 Å². The summed E-state index contributed by atoms with van der Waals surface area (Å²) < 4.78 is 5.20. The second-order valence-electron chi connectivity index (χ2n) is 4.80. The van der Waals surface area contributed by atoms with Crippen LogP contribution in [-0.4, -0.2) is 17.4 Å². The molecule has 1 aliphatic carbocycles. The number of rotatable bonds is 3. The van der Waals surface area contributed by atoms with Crippen molar-refractivity contribution in [3.8, 4) is 0 Å². The van der Waals surface area contributed by atoms with Gasteiger partial charge in [-0.2, -0.15) is 0 Å². The molecule has 0 bridgehead atoms. The van der Waals surface area contributed by atoms with Crippen LogP contribution in [0, 0.1) is 11.8 Å². The first-order valence-electron chi connectivity index (χ1n) is 5.10. The SMILES string of the molecule is CCC(=O)[C@@H]1C[C@H]1C(=O)OC(C)(C)C. The number of carbonyl (C=O) groups is 2. The van der Waals surface area contributed by atoms with Crippen LogP contribution < -0.4 is 0 Å². The summed E-state index contributed by atoms with van der Waals surface area (Å²) in [5, 5.41) is 0. The molecule has 0 saturated heterocycles. The van der Waals surface area contributed by atoms with Crippen molar-refractivity contribution >= 4 is 11.8 Å². The van der Waals surface area contributed by atoms with Gasteiger partial charge in [0.05, 0.1) is 5.92 Å². The summed E-state index contributed by atoms with van der Waals surface area (Å²) in [4.78, 5) is 22.7. The predicted molar refractivity (Wildman–Crippen MR) is 52.7 cm³/mol. The molecule has 3 nitrogen and oxygen atoms in total. The third-order valence-corrected chi connectivity index (χ3v) is 2.26. The van der Waals surface area contributed by atoms with Gasteiger partial charge in [0, 0.05) is 12.3 Å². The van der Waals surface area contributed by atoms with E-state index < -0.39 is 5.60 Å². The Balaban J connectivity index is 2.40. The van der Waals surface area contributed by atoms with Crippen molar-refractivity contribution < 1.29 is 14.3 Å². The van der Waals surface area contributed by atoms with Crippen molar-refractivity contribution in [2.45, 2.75) is 46.1 Å². The molecular formula is C11H18O3. The van der Waals surface area contributed by atoms with Crippen molar-refractivity contribution in [2.75, 3.05) is 0 Å². The minimum absolute atomic E-state index is 0.0603. The molecule has 0 heterocycles. The van der Waals surface area contributed by atoms with Crippen molar-refractivity contribution in [2.24, 2.45) is 11.8 Å². The molecule has 1 rings (SSSR count). The van der Waals surface area contributed by atoms with Crippen LogP contribution in [-0.2, 0) is 14.3 Å². The van der Waals surface area contributed by atoms with Gasteiger partial charge in [0.1, 0.15) is 11.4 Å². The van der Waals surface area contributed by atoms with Crippen molar-refractivity contribution in [1.29, 1.82) is 0 Å². The van der Waals surface area contributed by atoms with Crippen molar-refractivity contribution in [1.82, 2.24) is 0 Å². The zero-order chi connectivity index (χ0) is 10.9. The number of ether oxygens (including phenoxy) is 1. The summed E-state index contributed by atoms with van der Waals surface area (Å²) in [6.07, 6.45) is 1.20. The maximum Gasteiger partial charge on any atom is 0.310 e. The Labute approximate surface area is 84.8 Å². The zero-order valence-electron chi connectivity index (χ0n) is 9.29. The lowest BCUT2D eigenvalue weighted by atomic mass is 10.1. The van der Waals surface area contributed by atoms with Crippen molar-refractivity contribution in [3.63, 3.8) is 0 Å². The first-order chi connectivity index (χ1) is 6.35. The van der Waals surface area contributed by atoms with E-state index in [1.165, 1.54) is 0 Å². The number of hydrogen-bond acceptors (Lipinski definition) is 3. The van der Waals surface area contributed by atoms with Crippen LogP contribution in [0.15, 0.2) is 0 Å². The number of carbonyl (C=O) groups excluding carboxylic acids is 2. The average molecular weight is 198 g/mol. The van der Waals surface area contributed by atoms with E-state index in [1.807, 2.05) is 27.7 Å². The number of ketones is 1. The van der Waals surface area contributed by atoms with Gasteiger partial charge in [-0.1, -0.05) is 6.92 Å². The van der Waals surface area contributed by atoms with E-state index in [0.717, 1.165) is 0 Å². The van der Waals surface area contributed by atoms with Gasteiger partial charge in [0.2, 0.25) is 0 Å². The third kappa shape index (κ3) is 2.82. The number of Topliss-reactive ketones (excluding diaryl/α,β-unsaturated/α-hetero) is 1. The van der Waals surface area contributed by atoms with Crippen LogP contribution in [0.1, 0.15) is 40.5 Å². The molecule has 0 N–H and O–H groups in total. The van der Waals surface area contributed by atoms with E-state index in [-0.39, 0.29) is 23.6 Å². The largest absolute Gasteiger partial charge is 0.460 e. The van der Waals surface area contributed by atoms with E-state index in [2.05, 4.69) is 0 Å². The smallest absolute Gasteiger partial charge is 0.310 e. The maximum absolute atomic E-state index is 11.5. The van der Waals surface area contributed by atoms with E-state index >= 15 is 0 Å². The van der Waals surface area contributed by atoms with Crippen LogP contribution in [0.3, 0.4) is 0 Å². The standard InChI is InChI=1S/C11H18O3/c1-5-9(12)7-6-8(7)10(13)14-11(2,3)4/h7-8H,5-6H2,1-4H3/t7-,8-/m1/s1. The molecule has 0 amide bonds. The molecular weight excluding hydrogens is 180 g/mol. The van der Waals surface area contributed by atoms with Crippen LogP contribution in [0.25, 0.3) is 0 Å². The Hall–Kier alpha value is -0.860. The highest BCUT2D eigenvalue weighted by Crippen LogP contribution is 2.41. The molecule has 0 aromatic rings. The monoisotopic (exact) mass is 198 g/mol. The lowest BCUT2D eigenvalue weighted by Gasteiger charge is -2.19. The summed E-state index contributed by atoms with van der Waals surface area (Å²) in [6.45, 7) is 7.34. The normalized spacial score (nSPS) is 25.7. The minimum Gasteiger partial charge on any atom is -0.460 e. The summed E-state index contributed by atoms with van der Waals surface area (Å²) >= 11 is 0. The maximum atomic E-state index is 11.5. The van der Waals surface area contributed by atoms with Crippen LogP contribution in [0.4, 0.5) is 0 Å². The van der Waals surface area contributed by atoms with Crippen LogP contribution in [0.5, 0.6) is 0 Å². The molecule has 0 spiro atoms. The molecule has 2 atom stereocenters. The van der Waals surface area contributed by atoms with E-state index in [4.69, 9.17) is 4.74 Å². The second kappa shape index (κ2) is 3.71. The highest BCUT2D eigenvalue weighted by atomic mass is 16.6. The van der Waals surface area contributed by atoms with E-state index in [9.17, 15) is 9.59 Å². The van der Waals surface area contributed by atoms with Gasteiger partial charge < -0.3 is 4.74 Å². The van der Waals surface area contributed by atoms with Gasteiger partial charge in [-0.25, -0.2) is 0 Å². The van der Waals surface area contributed by atoms with Crippen LogP contribution >= 0.6 is 0 Å². The Morgan fingerprint density at radius 2 is 1.86 bits per heavy atom. The van der Waals surface area contributed by atoms with Crippen molar-refractivity contribution in [3.05, 3.63) is 0 Å². The van der Waals surface area contributed by atoms with Gasteiger partial charge >= 0.3 is 5.97 Å². The first kappa shape index (κ1) is 11.2. The quantitative estimate of drug-likeness (QED) is 0.651. The highest BCUT2D eigenvalue weighted by molar-refractivity contribution is 5.91. The van der Waals surface area contributed by atoms with Gasteiger partial charge in [-0.15, -0.1) is 0 Å². The molecule has 3 heteroatoms. The average Bonchev–Trinajstić information content (AvgIpc) is 2.78. The first-order valence-corrected chi connectivity index (χ1v) is 5.10. The predicted octanol–water partition coefficient (Wildman–Crippen LogP) is 1.94. The fraction of sp³-hybridized carbons (Fsp3) is 0.818. The van der Waals surface area contributed by atoms with Gasteiger partial charge in [0.25, 0.3) is 0 Å².